The lowest BCUT2D eigenvalue weighted by Gasteiger charge is -2.22. The smallest absolute Gasteiger partial charge is 0.245 e. The molecule has 28 heteroatoms. The van der Waals surface area contributed by atoms with Gasteiger partial charge in [0.15, 0.2) is 54.3 Å². The zero-order chi connectivity index (χ0) is 51.7. The van der Waals surface area contributed by atoms with Gasteiger partial charge in [-0.3, -0.25) is 29.1 Å². The first-order chi connectivity index (χ1) is 34.6. The lowest BCUT2D eigenvalue weighted by molar-refractivity contribution is 0.0982. The Bertz CT molecular complexity index is 2740. The van der Waals surface area contributed by atoms with Gasteiger partial charge in [-0.15, -0.1) is 20.4 Å². The minimum Gasteiger partial charge on any atom is -0.479 e. The molecule has 72 heavy (non-hydrogen) atoms. The average Bonchev–Trinajstić information content (AvgIpc) is 4.24. The van der Waals surface area contributed by atoms with Crippen LogP contribution >= 0.6 is 0 Å². The molecule has 0 bridgehead atoms. The van der Waals surface area contributed by atoms with E-state index in [1.807, 2.05) is 0 Å². The second-order valence-corrected chi connectivity index (χ2v) is 21.3. The molecule has 2 fully saturated rings. The molecule has 0 spiro atoms. The van der Waals surface area contributed by atoms with Gasteiger partial charge in [-0.1, -0.05) is 0 Å². The molecule has 8 heterocycles. The van der Waals surface area contributed by atoms with Crippen LogP contribution in [-0.2, 0) is 50.1 Å². The molecule has 6 aromatic rings. The van der Waals surface area contributed by atoms with Gasteiger partial charge in [0.25, 0.3) is 0 Å². The first-order valence-electron chi connectivity index (χ1n) is 22.6. The van der Waals surface area contributed by atoms with E-state index < -0.39 is 53.9 Å². The third-order valence-electron chi connectivity index (χ3n) is 12.0. The zero-order valence-corrected chi connectivity index (χ0v) is 43.2. The van der Waals surface area contributed by atoms with Crippen LogP contribution in [0.2, 0.25) is 0 Å². The summed E-state index contributed by atoms with van der Waals surface area (Å²) in [7, 11) is 0.992. The van der Waals surface area contributed by atoms with Crippen LogP contribution in [0, 0.1) is 13.8 Å². The Hall–Kier alpha value is -6.46. The van der Waals surface area contributed by atoms with Crippen LogP contribution in [0.15, 0.2) is 37.4 Å². The number of rotatable bonds is 20. The lowest BCUT2D eigenvalue weighted by atomic mass is 10.2. The highest BCUT2D eigenvalue weighted by molar-refractivity contribution is 7.91. The van der Waals surface area contributed by atoms with E-state index in [0.29, 0.717) is 71.9 Å². The summed E-state index contributed by atoms with van der Waals surface area (Å²) in [6, 6.07) is 0. The quantitative estimate of drug-likeness (QED) is 0.106. The van der Waals surface area contributed by atoms with E-state index >= 15 is 0 Å². The van der Waals surface area contributed by atoms with Gasteiger partial charge < -0.3 is 37.9 Å². The van der Waals surface area contributed by atoms with Crippen LogP contribution in [-0.4, -0.2) is 153 Å². The highest BCUT2D eigenvalue weighted by Gasteiger charge is 2.38. The van der Waals surface area contributed by atoms with Crippen molar-refractivity contribution in [3.8, 4) is 34.9 Å². The summed E-state index contributed by atoms with van der Waals surface area (Å²) in [5.74, 6) is 0.938. The third kappa shape index (κ3) is 11.4. The Balaban J connectivity index is 0.000000211. The molecule has 0 saturated carbocycles. The largest absolute Gasteiger partial charge is 0.479 e. The van der Waals surface area contributed by atoms with Gasteiger partial charge in [0.05, 0.1) is 74.1 Å². The minimum absolute atomic E-state index is 0.142. The highest BCUT2D eigenvalue weighted by atomic mass is 32.2. The van der Waals surface area contributed by atoms with Crippen molar-refractivity contribution in [2.24, 2.45) is 0 Å². The Morgan fingerprint density at radius 3 is 1.18 bits per heavy atom. The average molecular weight is 1040 g/mol. The summed E-state index contributed by atoms with van der Waals surface area (Å²) in [5.41, 5.74) is 2.85. The predicted octanol–water partition coefficient (Wildman–Crippen LogP) is 3.43. The van der Waals surface area contributed by atoms with Gasteiger partial charge in [-0.05, 0) is 53.4 Å². The standard InChI is InChI=1S/2C22H29N7O6S/c2*1-13-9-24-15(10-23-13)19(32-3)14(2)36(30,31)11-17-27-28-20(16-7-6-8-35-16)29(17)18-21(33-4)25-12-26-22(18)34-5/h2*9-10,12,14,16,19H,6-8,11H2,1-5H3/t14-,16+,19-;14-,16-,19-/m00/s1. The Morgan fingerprint density at radius 1 is 0.542 bits per heavy atom. The van der Waals surface area contributed by atoms with Crippen LogP contribution in [0.5, 0.6) is 23.5 Å². The van der Waals surface area contributed by atoms with Gasteiger partial charge in [-0.2, -0.15) is 19.9 Å². The second kappa shape index (κ2) is 23.4. The first kappa shape index (κ1) is 53.3. The monoisotopic (exact) mass is 1040 g/mol. The van der Waals surface area contributed by atoms with Crippen molar-refractivity contribution in [3.05, 3.63) is 83.5 Å². The van der Waals surface area contributed by atoms with Gasteiger partial charge in [-0.25, -0.2) is 16.8 Å². The molecule has 26 nitrogen and oxygen atoms in total. The molecule has 0 N–H and O–H groups in total. The maximum absolute atomic E-state index is 13.6. The molecule has 8 rings (SSSR count). The fourth-order valence-corrected chi connectivity index (χ4v) is 11.1. The fourth-order valence-electron chi connectivity index (χ4n) is 8.19. The molecule has 6 aromatic heterocycles. The minimum atomic E-state index is -3.84. The van der Waals surface area contributed by atoms with Gasteiger partial charge in [0.2, 0.25) is 23.5 Å². The van der Waals surface area contributed by atoms with E-state index in [1.54, 1.807) is 49.2 Å². The molecular formula is C44H58N14O12S2. The van der Waals surface area contributed by atoms with Gasteiger partial charge >= 0.3 is 0 Å². The van der Waals surface area contributed by atoms with Crippen molar-refractivity contribution in [3.63, 3.8) is 0 Å². The van der Waals surface area contributed by atoms with Crippen molar-refractivity contribution >= 4 is 19.7 Å². The summed E-state index contributed by atoms with van der Waals surface area (Å²) >= 11 is 0. The molecule has 0 aliphatic carbocycles. The van der Waals surface area contributed by atoms with Crippen LogP contribution < -0.4 is 18.9 Å². The van der Waals surface area contributed by atoms with E-state index in [0.717, 1.165) is 12.8 Å². The maximum Gasteiger partial charge on any atom is 0.245 e. The summed E-state index contributed by atoms with van der Waals surface area (Å²) in [5, 5.41) is 15.2. The Kier molecular flexibility index (Phi) is 17.3. The molecule has 2 aliphatic rings. The molecule has 0 aromatic carbocycles. The van der Waals surface area contributed by atoms with Crippen LogP contribution in [0.3, 0.4) is 0 Å². The highest BCUT2D eigenvalue weighted by Crippen LogP contribution is 2.38. The summed E-state index contributed by atoms with van der Waals surface area (Å²) in [6.45, 7) is 7.86. The molecular weight excluding hydrogens is 981 g/mol. The molecule has 0 unspecified atom stereocenters. The van der Waals surface area contributed by atoms with E-state index in [4.69, 9.17) is 37.9 Å². The second-order valence-electron chi connectivity index (χ2n) is 16.6. The van der Waals surface area contributed by atoms with Gasteiger partial charge in [0, 0.05) is 39.8 Å². The summed E-state index contributed by atoms with van der Waals surface area (Å²) < 4.78 is 102. The molecule has 2 saturated heterocycles. The predicted molar refractivity (Wildman–Crippen MR) is 253 cm³/mol. The van der Waals surface area contributed by atoms with Crippen molar-refractivity contribution in [2.75, 3.05) is 55.9 Å². The van der Waals surface area contributed by atoms with E-state index in [1.165, 1.54) is 67.7 Å². The van der Waals surface area contributed by atoms with E-state index in [2.05, 4.69) is 60.3 Å². The van der Waals surface area contributed by atoms with Crippen molar-refractivity contribution < 1.29 is 54.7 Å². The Labute approximate surface area is 416 Å². The fraction of sp³-hybridized carbons (Fsp3) is 0.545. The lowest BCUT2D eigenvalue weighted by Crippen LogP contribution is -2.29. The number of aryl methyl sites for hydroxylation is 2. The number of hydrogen-bond donors (Lipinski definition) is 0. The molecule has 2 aliphatic heterocycles. The molecule has 6 atom stereocenters. The number of methoxy groups -OCH3 is 6. The van der Waals surface area contributed by atoms with Crippen molar-refractivity contribution in [1.82, 2.24) is 69.4 Å². The van der Waals surface area contributed by atoms with Crippen LogP contribution in [0.4, 0.5) is 0 Å². The zero-order valence-electron chi connectivity index (χ0n) is 41.6. The van der Waals surface area contributed by atoms with E-state index in [-0.39, 0.29) is 47.4 Å². The Morgan fingerprint density at radius 2 is 0.903 bits per heavy atom. The summed E-state index contributed by atoms with van der Waals surface area (Å²) in [4.78, 5) is 33.7. The summed E-state index contributed by atoms with van der Waals surface area (Å²) in [6.07, 6.45) is 9.43. The van der Waals surface area contributed by atoms with Crippen molar-refractivity contribution in [1.29, 1.82) is 0 Å². The topological polar surface area (TPSA) is 307 Å². The van der Waals surface area contributed by atoms with Crippen molar-refractivity contribution in [2.45, 2.75) is 99.8 Å². The SMILES string of the molecule is COc1ncnc(OC)c1-n1c(CS(=O)(=O)[C@@H](C)[C@H](OC)c2cnc(C)cn2)nnc1[C@@H]1CCCO1.COc1ncnc(OC)c1-n1c(CS(=O)(=O)[C@@H](C)[C@H](OC)c2cnc(C)cn2)nnc1[C@H]1CCCO1. The molecule has 388 valence electrons. The normalized spacial score (nSPS) is 17.6. The van der Waals surface area contributed by atoms with Crippen LogP contribution in [0.1, 0.15) is 110 Å². The van der Waals surface area contributed by atoms with Crippen LogP contribution in [0.25, 0.3) is 11.4 Å². The first-order valence-corrected chi connectivity index (χ1v) is 26.1. The number of aromatic nitrogens is 14. The number of nitrogens with zero attached hydrogens (tertiary/aromatic N) is 14. The number of ether oxygens (including phenoxy) is 8. The number of hydrogen-bond acceptors (Lipinski definition) is 24. The van der Waals surface area contributed by atoms with Gasteiger partial charge in [0.1, 0.15) is 48.6 Å². The maximum atomic E-state index is 13.6. The van der Waals surface area contributed by atoms with E-state index in [9.17, 15) is 16.8 Å². The molecule has 0 radical (unpaired) electrons. The molecule has 0 amide bonds. The third-order valence-corrected chi connectivity index (χ3v) is 16.1. The number of sulfone groups is 2.